The summed E-state index contributed by atoms with van der Waals surface area (Å²) in [7, 11) is 2.87. The van der Waals surface area contributed by atoms with Gasteiger partial charge in [0.15, 0.2) is 5.69 Å². The molecule has 7 nitrogen and oxygen atoms in total. The van der Waals surface area contributed by atoms with Gasteiger partial charge in [-0.25, -0.2) is 9.48 Å². The molecule has 0 saturated heterocycles. The first-order chi connectivity index (χ1) is 9.72. The standard InChI is InChI=1S/C13H16N4O3/c1-19-10-6-4-3-5-9(10)12-11(13(18)20-2)15-16-17(12)8-7-14/h3-6H,7-8,14H2,1-2H3. The number of benzene rings is 1. The van der Waals surface area contributed by atoms with Gasteiger partial charge in [0.05, 0.1) is 20.8 Å². The Hall–Kier alpha value is -2.41. The Labute approximate surface area is 116 Å². The van der Waals surface area contributed by atoms with Crippen LogP contribution in [0, 0.1) is 0 Å². The van der Waals surface area contributed by atoms with Crippen LogP contribution in [0.1, 0.15) is 10.5 Å². The topological polar surface area (TPSA) is 92.3 Å². The largest absolute Gasteiger partial charge is 0.496 e. The fraction of sp³-hybridized carbons (Fsp3) is 0.308. The third kappa shape index (κ3) is 2.48. The van der Waals surface area contributed by atoms with Gasteiger partial charge in [0, 0.05) is 12.1 Å². The molecule has 0 amide bonds. The number of rotatable bonds is 5. The molecule has 0 saturated carbocycles. The van der Waals surface area contributed by atoms with Crippen molar-refractivity contribution in [1.82, 2.24) is 15.0 Å². The second kappa shape index (κ2) is 6.16. The van der Waals surface area contributed by atoms with E-state index in [1.807, 2.05) is 18.2 Å². The van der Waals surface area contributed by atoms with E-state index < -0.39 is 5.97 Å². The predicted molar refractivity (Wildman–Crippen MR) is 72.4 cm³/mol. The zero-order chi connectivity index (χ0) is 14.5. The normalized spacial score (nSPS) is 10.3. The lowest BCUT2D eigenvalue weighted by Crippen LogP contribution is -2.13. The van der Waals surface area contributed by atoms with Crippen LogP contribution in [-0.2, 0) is 11.3 Å². The summed E-state index contributed by atoms with van der Waals surface area (Å²) in [6.07, 6.45) is 0. The van der Waals surface area contributed by atoms with Gasteiger partial charge >= 0.3 is 5.97 Å². The van der Waals surface area contributed by atoms with Crippen LogP contribution in [-0.4, -0.2) is 41.7 Å². The van der Waals surface area contributed by atoms with Crippen LogP contribution in [0.4, 0.5) is 0 Å². The molecular formula is C13H16N4O3. The van der Waals surface area contributed by atoms with E-state index in [0.29, 0.717) is 30.1 Å². The van der Waals surface area contributed by atoms with Crippen LogP contribution in [0.25, 0.3) is 11.3 Å². The minimum Gasteiger partial charge on any atom is -0.496 e. The first-order valence-electron chi connectivity index (χ1n) is 6.08. The Bertz CT molecular complexity index is 609. The third-order valence-electron chi connectivity index (χ3n) is 2.82. The molecule has 0 unspecified atom stereocenters. The number of ether oxygens (including phenoxy) is 2. The summed E-state index contributed by atoms with van der Waals surface area (Å²) in [6, 6.07) is 7.32. The van der Waals surface area contributed by atoms with Crippen molar-refractivity contribution in [2.45, 2.75) is 6.54 Å². The number of carbonyl (C=O) groups is 1. The monoisotopic (exact) mass is 276 g/mol. The number of aromatic nitrogens is 3. The number of nitrogens with two attached hydrogens (primary N) is 1. The van der Waals surface area contributed by atoms with Crippen LogP contribution >= 0.6 is 0 Å². The molecule has 2 aromatic rings. The number of methoxy groups -OCH3 is 2. The summed E-state index contributed by atoms with van der Waals surface area (Å²) in [5, 5.41) is 7.84. The average Bonchev–Trinajstić information content (AvgIpc) is 2.90. The number of hydrogen-bond donors (Lipinski definition) is 1. The quantitative estimate of drug-likeness (QED) is 0.808. The van der Waals surface area contributed by atoms with Crippen molar-refractivity contribution in [2.75, 3.05) is 20.8 Å². The number of nitrogens with zero attached hydrogens (tertiary/aromatic N) is 3. The lowest BCUT2D eigenvalue weighted by atomic mass is 10.1. The molecule has 1 heterocycles. The van der Waals surface area contributed by atoms with Crippen LogP contribution in [0.3, 0.4) is 0 Å². The molecule has 0 atom stereocenters. The highest BCUT2D eigenvalue weighted by molar-refractivity contribution is 5.94. The maximum Gasteiger partial charge on any atom is 0.360 e. The minimum absolute atomic E-state index is 0.144. The highest BCUT2D eigenvalue weighted by Gasteiger charge is 2.23. The van der Waals surface area contributed by atoms with Gasteiger partial charge in [0.1, 0.15) is 11.4 Å². The van der Waals surface area contributed by atoms with Gasteiger partial charge in [-0.3, -0.25) is 0 Å². The van der Waals surface area contributed by atoms with Crippen molar-refractivity contribution in [3.8, 4) is 17.0 Å². The molecule has 2 N–H and O–H groups in total. The number of para-hydroxylation sites is 1. The van der Waals surface area contributed by atoms with E-state index in [2.05, 4.69) is 10.3 Å². The zero-order valence-electron chi connectivity index (χ0n) is 11.4. The summed E-state index contributed by atoms with van der Waals surface area (Å²) < 4.78 is 11.6. The molecule has 7 heteroatoms. The summed E-state index contributed by atoms with van der Waals surface area (Å²) in [5.41, 5.74) is 6.96. The second-order valence-electron chi connectivity index (χ2n) is 3.99. The fourth-order valence-electron chi connectivity index (χ4n) is 1.93. The predicted octanol–water partition coefficient (Wildman–Crippen LogP) is 0.699. The van der Waals surface area contributed by atoms with Gasteiger partial charge in [-0.05, 0) is 12.1 Å². The molecule has 0 spiro atoms. The van der Waals surface area contributed by atoms with Crippen LogP contribution in [0.2, 0.25) is 0 Å². The molecule has 0 aliphatic rings. The van der Waals surface area contributed by atoms with E-state index in [-0.39, 0.29) is 5.69 Å². The molecule has 20 heavy (non-hydrogen) atoms. The molecule has 2 rings (SSSR count). The Morgan fingerprint density at radius 2 is 2.10 bits per heavy atom. The highest BCUT2D eigenvalue weighted by Crippen LogP contribution is 2.31. The van der Waals surface area contributed by atoms with Crippen LogP contribution in [0.5, 0.6) is 5.75 Å². The number of esters is 1. The Morgan fingerprint density at radius 1 is 1.35 bits per heavy atom. The second-order valence-corrected chi connectivity index (χ2v) is 3.99. The van der Waals surface area contributed by atoms with E-state index >= 15 is 0 Å². The van der Waals surface area contributed by atoms with Crippen molar-refractivity contribution in [1.29, 1.82) is 0 Å². The molecule has 0 radical (unpaired) electrons. The SMILES string of the molecule is COC(=O)c1nnn(CCN)c1-c1ccccc1OC. The van der Waals surface area contributed by atoms with Crippen LogP contribution in [0.15, 0.2) is 24.3 Å². The summed E-state index contributed by atoms with van der Waals surface area (Å²) in [6.45, 7) is 0.823. The van der Waals surface area contributed by atoms with Crippen molar-refractivity contribution < 1.29 is 14.3 Å². The summed E-state index contributed by atoms with van der Waals surface area (Å²) in [4.78, 5) is 11.8. The number of hydrogen-bond acceptors (Lipinski definition) is 6. The Kier molecular flexibility index (Phi) is 4.31. The smallest absolute Gasteiger partial charge is 0.360 e. The lowest BCUT2D eigenvalue weighted by Gasteiger charge is -2.10. The molecule has 0 bridgehead atoms. The van der Waals surface area contributed by atoms with Crippen molar-refractivity contribution in [3.63, 3.8) is 0 Å². The maximum absolute atomic E-state index is 11.8. The highest BCUT2D eigenvalue weighted by atomic mass is 16.5. The van der Waals surface area contributed by atoms with E-state index in [1.165, 1.54) is 7.11 Å². The van der Waals surface area contributed by atoms with E-state index in [9.17, 15) is 4.79 Å². The van der Waals surface area contributed by atoms with Gasteiger partial charge in [-0.15, -0.1) is 5.10 Å². The summed E-state index contributed by atoms with van der Waals surface area (Å²) in [5.74, 6) is 0.0763. The third-order valence-corrected chi connectivity index (χ3v) is 2.82. The van der Waals surface area contributed by atoms with E-state index in [1.54, 1.807) is 17.9 Å². The minimum atomic E-state index is -0.547. The Morgan fingerprint density at radius 3 is 2.75 bits per heavy atom. The fourth-order valence-corrected chi connectivity index (χ4v) is 1.93. The molecule has 1 aromatic heterocycles. The van der Waals surface area contributed by atoms with Crippen molar-refractivity contribution in [3.05, 3.63) is 30.0 Å². The van der Waals surface area contributed by atoms with Crippen LogP contribution < -0.4 is 10.5 Å². The van der Waals surface area contributed by atoms with Gasteiger partial charge in [-0.1, -0.05) is 17.3 Å². The van der Waals surface area contributed by atoms with Crippen molar-refractivity contribution >= 4 is 5.97 Å². The summed E-state index contributed by atoms with van der Waals surface area (Å²) >= 11 is 0. The lowest BCUT2D eigenvalue weighted by molar-refractivity contribution is 0.0595. The molecular weight excluding hydrogens is 260 g/mol. The van der Waals surface area contributed by atoms with Gasteiger partial charge in [0.25, 0.3) is 0 Å². The maximum atomic E-state index is 11.8. The average molecular weight is 276 g/mol. The first-order valence-corrected chi connectivity index (χ1v) is 6.08. The molecule has 0 aliphatic carbocycles. The van der Waals surface area contributed by atoms with Gasteiger partial charge < -0.3 is 15.2 Å². The molecule has 0 fully saturated rings. The molecule has 0 aliphatic heterocycles. The number of carbonyl (C=O) groups excluding carboxylic acids is 1. The van der Waals surface area contributed by atoms with E-state index in [0.717, 1.165) is 0 Å². The van der Waals surface area contributed by atoms with Gasteiger partial charge in [-0.2, -0.15) is 0 Å². The molecule has 1 aromatic carbocycles. The first kappa shape index (κ1) is 14.0. The van der Waals surface area contributed by atoms with Gasteiger partial charge in [0.2, 0.25) is 0 Å². The molecule has 106 valence electrons. The zero-order valence-corrected chi connectivity index (χ0v) is 11.4. The van der Waals surface area contributed by atoms with E-state index in [4.69, 9.17) is 15.2 Å². The van der Waals surface area contributed by atoms with Crippen molar-refractivity contribution in [2.24, 2.45) is 5.73 Å². The Balaban J connectivity index is 2.63.